The Morgan fingerprint density at radius 2 is 1.57 bits per heavy atom. The summed E-state index contributed by atoms with van der Waals surface area (Å²) < 4.78 is 5.29. The molecule has 0 radical (unpaired) electrons. The van der Waals surface area contributed by atoms with E-state index in [4.69, 9.17) is 4.74 Å². The molecule has 0 unspecified atom stereocenters. The van der Waals surface area contributed by atoms with Crippen molar-refractivity contribution in [2.75, 3.05) is 26.7 Å². The first-order valence-electron chi connectivity index (χ1n) is 8.20. The van der Waals surface area contributed by atoms with Gasteiger partial charge in [0.05, 0.1) is 5.56 Å². The molecule has 2 aromatic carbocycles. The van der Waals surface area contributed by atoms with Crippen LogP contribution in [0.15, 0.2) is 60.7 Å². The Labute approximate surface area is 138 Å². The molecule has 0 spiro atoms. The highest BCUT2D eigenvalue weighted by molar-refractivity contribution is 5.89. The lowest BCUT2D eigenvalue weighted by atomic mass is 10.1. The quantitative estimate of drug-likeness (QED) is 0.521. The summed E-state index contributed by atoms with van der Waals surface area (Å²) in [5.41, 5.74) is 2.00. The van der Waals surface area contributed by atoms with Crippen LogP contribution in [0.2, 0.25) is 0 Å². The summed E-state index contributed by atoms with van der Waals surface area (Å²) in [5, 5.41) is 0. The van der Waals surface area contributed by atoms with Crippen molar-refractivity contribution in [2.45, 2.75) is 19.3 Å². The monoisotopic (exact) mass is 311 g/mol. The van der Waals surface area contributed by atoms with E-state index in [1.54, 1.807) is 12.1 Å². The summed E-state index contributed by atoms with van der Waals surface area (Å²) in [6.07, 6.45) is 3.45. The number of unbranched alkanes of at least 4 members (excludes halogenated alkanes) is 1. The Balaban J connectivity index is 1.55. The molecule has 0 saturated heterocycles. The molecule has 0 aliphatic heterocycles. The summed E-state index contributed by atoms with van der Waals surface area (Å²) in [4.78, 5) is 14.0. The predicted molar refractivity (Wildman–Crippen MR) is 93.6 cm³/mol. The highest BCUT2D eigenvalue weighted by Crippen LogP contribution is 2.05. The molecular formula is C20H25NO2. The first-order chi connectivity index (χ1) is 11.3. The van der Waals surface area contributed by atoms with Crippen molar-refractivity contribution in [3.05, 3.63) is 71.8 Å². The highest BCUT2D eigenvalue weighted by Gasteiger charge is 2.06. The Morgan fingerprint density at radius 3 is 2.26 bits per heavy atom. The fourth-order valence-corrected chi connectivity index (χ4v) is 2.42. The number of aryl methyl sites for hydroxylation is 1. The summed E-state index contributed by atoms with van der Waals surface area (Å²) in [7, 11) is 2.07. The molecule has 0 heterocycles. The second-order valence-electron chi connectivity index (χ2n) is 5.75. The van der Waals surface area contributed by atoms with E-state index in [1.165, 1.54) is 12.0 Å². The summed E-state index contributed by atoms with van der Waals surface area (Å²) in [5.74, 6) is -0.247. The van der Waals surface area contributed by atoms with Gasteiger partial charge in [-0.3, -0.25) is 0 Å². The molecule has 3 nitrogen and oxygen atoms in total. The third-order valence-corrected chi connectivity index (χ3v) is 3.81. The Morgan fingerprint density at radius 1 is 0.913 bits per heavy atom. The van der Waals surface area contributed by atoms with Gasteiger partial charge in [-0.25, -0.2) is 4.79 Å². The number of hydrogen-bond donors (Lipinski definition) is 0. The van der Waals surface area contributed by atoms with Crippen molar-refractivity contribution in [3.63, 3.8) is 0 Å². The maximum Gasteiger partial charge on any atom is 0.338 e. The second kappa shape index (κ2) is 9.80. The maximum atomic E-state index is 11.8. The second-order valence-corrected chi connectivity index (χ2v) is 5.75. The van der Waals surface area contributed by atoms with E-state index < -0.39 is 0 Å². The fraction of sp³-hybridized carbons (Fsp3) is 0.350. The van der Waals surface area contributed by atoms with Crippen LogP contribution in [-0.2, 0) is 11.2 Å². The number of benzene rings is 2. The van der Waals surface area contributed by atoms with Gasteiger partial charge in [0.1, 0.15) is 6.61 Å². The van der Waals surface area contributed by atoms with Crippen LogP contribution in [0.4, 0.5) is 0 Å². The predicted octanol–water partition coefficient (Wildman–Crippen LogP) is 3.80. The normalized spacial score (nSPS) is 10.7. The lowest BCUT2D eigenvalue weighted by Crippen LogP contribution is -2.25. The zero-order chi connectivity index (χ0) is 16.3. The molecule has 2 rings (SSSR count). The van der Waals surface area contributed by atoms with Gasteiger partial charge in [-0.15, -0.1) is 0 Å². The number of nitrogens with zero attached hydrogens (tertiary/aromatic N) is 1. The van der Waals surface area contributed by atoms with Crippen LogP contribution >= 0.6 is 0 Å². The summed E-state index contributed by atoms with van der Waals surface area (Å²) in [6, 6.07) is 19.7. The molecule has 2 aromatic rings. The smallest absolute Gasteiger partial charge is 0.338 e. The van der Waals surface area contributed by atoms with E-state index in [2.05, 4.69) is 36.2 Å². The third-order valence-electron chi connectivity index (χ3n) is 3.81. The van der Waals surface area contributed by atoms with Gasteiger partial charge in [0, 0.05) is 6.54 Å². The van der Waals surface area contributed by atoms with E-state index >= 15 is 0 Å². The average molecular weight is 311 g/mol. The molecule has 3 heteroatoms. The molecule has 0 aliphatic carbocycles. The van der Waals surface area contributed by atoms with Gasteiger partial charge in [-0.2, -0.15) is 0 Å². The standard InChI is InChI=1S/C20H25NO2/c1-21(15-9-8-12-18-10-4-2-5-11-18)16-17-23-20(22)19-13-6-3-7-14-19/h2-7,10-11,13-14H,8-9,12,15-17H2,1H3. The van der Waals surface area contributed by atoms with Crippen molar-refractivity contribution in [1.29, 1.82) is 0 Å². The van der Waals surface area contributed by atoms with Gasteiger partial charge in [0.25, 0.3) is 0 Å². The highest BCUT2D eigenvalue weighted by atomic mass is 16.5. The summed E-state index contributed by atoms with van der Waals surface area (Å²) in [6.45, 7) is 2.22. The van der Waals surface area contributed by atoms with E-state index in [1.807, 2.05) is 24.3 Å². The minimum absolute atomic E-state index is 0.247. The van der Waals surface area contributed by atoms with Crippen LogP contribution in [0, 0.1) is 0 Å². The topological polar surface area (TPSA) is 29.5 Å². The minimum Gasteiger partial charge on any atom is -0.461 e. The van der Waals surface area contributed by atoms with Gasteiger partial charge in [-0.05, 0) is 50.6 Å². The van der Waals surface area contributed by atoms with Crippen LogP contribution in [0.3, 0.4) is 0 Å². The van der Waals surface area contributed by atoms with Crippen molar-refractivity contribution >= 4 is 5.97 Å². The van der Waals surface area contributed by atoms with Crippen LogP contribution in [-0.4, -0.2) is 37.6 Å². The maximum absolute atomic E-state index is 11.8. The molecule has 0 aliphatic rings. The molecule has 23 heavy (non-hydrogen) atoms. The largest absolute Gasteiger partial charge is 0.461 e. The van der Waals surface area contributed by atoms with Gasteiger partial charge < -0.3 is 9.64 Å². The van der Waals surface area contributed by atoms with Crippen molar-refractivity contribution in [1.82, 2.24) is 4.90 Å². The van der Waals surface area contributed by atoms with E-state index in [0.29, 0.717) is 12.2 Å². The molecular weight excluding hydrogens is 286 g/mol. The Bertz CT molecular complexity index is 569. The first kappa shape index (κ1) is 17.2. The molecule has 0 aromatic heterocycles. The summed E-state index contributed by atoms with van der Waals surface area (Å²) >= 11 is 0. The van der Waals surface area contributed by atoms with Gasteiger partial charge in [0.2, 0.25) is 0 Å². The van der Waals surface area contributed by atoms with Crippen LogP contribution in [0.1, 0.15) is 28.8 Å². The van der Waals surface area contributed by atoms with E-state index in [-0.39, 0.29) is 5.97 Å². The number of likely N-dealkylation sites (N-methyl/N-ethyl adjacent to an activating group) is 1. The van der Waals surface area contributed by atoms with Gasteiger partial charge in [0.15, 0.2) is 0 Å². The van der Waals surface area contributed by atoms with Crippen molar-refractivity contribution < 1.29 is 9.53 Å². The minimum atomic E-state index is -0.247. The number of hydrogen-bond acceptors (Lipinski definition) is 3. The lowest BCUT2D eigenvalue weighted by Gasteiger charge is -2.16. The molecule has 122 valence electrons. The first-order valence-corrected chi connectivity index (χ1v) is 8.20. The number of carbonyl (C=O) groups is 1. The number of ether oxygens (including phenoxy) is 1. The number of rotatable bonds is 9. The van der Waals surface area contributed by atoms with Crippen molar-refractivity contribution in [3.8, 4) is 0 Å². The van der Waals surface area contributed by atoms with Crippen LogP contribution in [0.5, 0.6) is 0 Å². The van der Waals surface area contributed by atoms with Gasteiger partial charge >= 0.3 is 5.97 Å². The Kier molecular flexibility index (Phi) is 7.34. The molecule has 0 fully saturated rings. The molecule has 0 bridgehead atoms. The van der Waals surface area contributed by atoms with E-state index in [0.717, 1.165) is 25.9 Å². The fourth-order valence-electron chi connectivity index (χ4n) is 2.42. The molecule has 0 atom stereocenters. The lowest BCUT2D eigenvalue weighted by molar-refractivity contribution is 0.0472. The third kappa shape index (κ3) is 6.66. The van der Waals surface area contributed by atoms with Crippen LogP contribution < -0.4 is 0 Å². The zero-order valence-corrected chi connectivity index (χ0v) is 13.8. The van der Waals surface area contributed by atoms with Crippen LogP contribution in [0.25, 0.3) is 0 Å². The van der Waals surface area contributed by atoms with E-state index in [9.17, 15) is 4.79 Å². The van der Waals surface area contributed by atoms with Crippen molar-refractivity contribution in [2.24, 2.45) is 0 Å². The molecule has 0 N–H and O–H groups in total. The SMILES string of the molecule is CN(CCCCc1ccccc1)CCOC(=O)c1ccccc1. The molecule has 0 amide bonds. The zero-order valence-electron chi connectivity index (χ0n) is 13.8. The average Bonchev–Trinajstić information content (AvgIpc) is 2.60. The van der Waals surface area contributed by atoms with Gasteiger partial charge in [-0.1, -0.05) is 48.5 Å². The Hall–Kier alpha value is -2.13. The number of carbonyl (C=O) groups excluding carboxylic acids is 1. The number of esters is 1. The molecule has 0 saturated carbocycles.